The molecule has 0 spiro atoms. The van der Waals surface area contributed by atoms with Crippen molar-refractivity contribution in [1.82, 2.24) is 14.9 Å². The van der Waals surface area contributed by atoms with Crippen molar-refractivity contribution in [3.63, 3.8) is 0 Å². The highest BCUT2D eigenvalue weighted by molar-refractivity contribution is 7.03. The molecule has 0 saturated heterocycles. The molecule has 1 amide bonds. The largest absolute Gasteiger partial charge is 0.320 e. The van der Waals surface area contributed by atoms with Crippen LogP contribution in [-0.2, 0) is 13.0 Å². The van der Waals surface area contributed by atoms with Crippen LogP contribution < -0.4 is 10.6 Å². The van der Waals surface area contributed by atoms with Crippen LogP contribution in [0.4, 0.5) is 5.69 Å². The Labute approximate surface area is 108 Å². The summed E-state index contributed by atoms with van der Waals surface area (Å²) in [5.41, 5.74) is 3.71. The maximum Gasteiger partial charge on any atom is 0.277 e. The molecule has 92 valence electrons. The van der Waals surface area contributed by atoms with Gasteiger partial charge in [0.1, 0.15) is 0 Å². The lowest BCUT2D eigenvalue weighted by Crippen LogP contribution is -2.25. The molecule has 0 aliphatic carbocycles. The zero-order chi connectivity index (χ0) is 12.4. The van der Waals surface area contributed by atoms with E-state index in [4.69, 9.17) is 0 Å². The van der Waals surface area contributed by atoms with Gasteiger partial charge in [-0.3, -0.25) is 4.79 Å². The number of hydrogen-bond donors (Lipinski definition) is 2. The highest BCUT2D eigenvalue weighted by atomic mass is 32.1. The second-order valence-electron chi connectivity index (χ2n) is 4.11. The molecule has 2 aromatic rings. The predicted octanol–water partition coefficient (Wildman–Crippen LogP) is 1.44. The van der Waals surface area contributed by atoms with Crippen molar-refractivity contribution in [3.8, 4) is 0 Å². The third-order valence-electron chi connectivity index (χ3n) is 2.98. The molecule has 6 heteroatoms. The van der Waals surface area contributed by atoms with E-state index in [0.29, 0.717) is 5.69 Å². The highest BCUT2D eigenvalue weighted by Crippen LogP contribution is 2.23. The summed E-state index contributed by atoms with van der Waals surface area (Å²) in [7, 11) is 0. The highest BCUT2D eigenvalue weighted by Gasteiger charge is 2.15. The molecular weight excluding hydrogens is 248 g/mol. The zero-order valence-corrected chi connectivity index (χ0v) is 10.5. The molecule has 0 radical (unpaired) electrons. The fourth-order valence-electron chi connectivity index (χ4n) is 2.10. The standard InChI is InChI=1S/C12H12N4OS/c17-12(11-7-18-16-15-11)14-10-3-1-2-8-6-13-5-4-9(8)10/h1-3,7,13H,4-6H2,(H,14,17). The van der Waals surface area contributed by atoms with Crippen LogP contribution in [0.5, 0.6) is 0 Å². The smallest absolute Gasteiger partial charge is 0.277 e. The molecule has 0 bridgehead atoms. The topological polar surface area (TPSA) is 66.9 Å². The fraction of sp³-hybridized carbons (Fsp3) is 0.250. The first-order valence-corrected chi connectivity index (χ1v) is 6.58. The van der Waals surface area contributed by atoms with Crippen LogP contribution in [-0.4, -0.2) is 22.0 Å². The Morgan fingerprint density at radius 2 is 2.39 bits per heavy atom. The summed E-state index contributed by atoms with van der Waals surface area (Å²) in [4.78, 5) is 11.9. The lowest BCUT2D eigenvalue weighted by Gasteiger charge is -2.20. The molecule has 0 saturated carbocycles. The minimum Gasteiger partial charge on any atom is -0.320 e. The third kappa shape index (κ3) is 2.12. The quantitative estimate of drug-likeness (QED) is 0.857. The fourth-order valence-corrected chi connectivity index (χ4v) is 2.54. The van der Waals surface area contributed by atoms with Gasteiger partial charge in [0, 0.05) is 17.6 Å². The second-order valence-corrected chi connectivity index (χ2v) is 4.72. The number of amides is 1. The maximum atomic E-state index is 11.9. The molecule has 0 atom stereocenters. The monoisotopic (exact) mass is 260 g/mol. The van der Waals surface area contributed by atoms with Crippen molar-refractivity contribution in [2.24, 2.45) is 0 Å². The van der Waals surface area contributed by atoms with Gasteiger partial charge in [-0.05, 0) is 41.7 Å². The molecule has 5 nitrogen and oxygen atoms in total. The van der Waals surface area contributed by atoms with Crippen LogP contribution in [0.15, 0.2) is 23.6 Å². The second kappa shape index (κ2) is 4.83. The molecule has 2 heterocycles. The molecule has 1 aliphatic heterocycles. The van der Waals surface area contributed by atoms with E-state index in [0.717, 1.165) is 25.2 Å². The molecule has 3 rings (SSSR count). The van der Waals surface area contributed by atoms with E-state index in [1.807, 2.05) is 12.1 Å². The number of nitrogens with zero attached hydrogens (tertiary/aromatic N) is 2. The molecule has 1 aliphatic rings. The Morgan fingerprint density at radius 3 is 3.22 bits per heavy atom. The molecule has 2 N–H and O–H groups in total. The van der Waals surface area contributed by atoms with Crippen LogP contribution in [0.1, 0.15) is 21.6 Å². The first-order chi connectivity index (χ1) is 8.84. The van der Waals surface area contributed by atoms with Gasteiger partial charge in [-0.2, -0.15) is 0 Å². The first kappa shape index (κ1) is 11.3. The number of carbonyl (C=O) groups is 1. The summed E-state index contributed by atoms with van der Waals surface area (Å²) < 4.78 is 3.69. The van der Waals surface area contributed by atoms with E-state index in [9.17, 15) is 4.79 Å². The summed E-state index contributed by atoms with van der Waals surface area (Å²) in [5.74, 6) is -0.198. The number of fused-ring (bicyclic) bond motifs is 1. The lowest BCUT2D eigenvalue weighted by molar-refractivity contribution is 0.102. The summed E-state index contributed by atoms with van der Waals surface area (Å²) >= 11 is 1.18. The van der Waals surface area contributed by atoms with E-state index in [-0.39, 0.29) is 5.91 Å². The Bertz CT molecular complexity index is 567. The van der Waals surface area contributed by atoms with Gasteiger partial charge in [-0.25, -0.2) is 0 Å². The number of aromatic nitrogens is 2. The Hall–Kier alpha value is -1.79. The van der Waals surface area contributed by atoms with Gasteiger partial charge in [-0.15, -0.1) is 5.10 Å². The molecular formula is C12H12N4OS. The van der Waals surface area contributed by atoms with Gasteiger partial charge in [-0.1, -0.05) is 16.6 Å². The normalized spacial score (nSPS) is 14.0. The van der Waals surface area contributed by atoms with E-state index < -0.39 is 0 Å². The number of anilines is 1. The predicted molar refractivity (Wildman–Crippen MR) is 69.7 cm³/mol. The summed E-state index contributed by atoms with van der Waals surface area (Å²) in [5, 5.41) is 11.6. The number of rotatable bonds is 2. The SMILES string of the molecule is O=C(Nc1cccc2c1CCNC2)c1csnn1. The van der Waals surface area contributed by atoms with Crippen LogP contribution >= 0.6 is 11.5 Å². The van der Waals surface area contributed by atoms with E-state index in [1.54, 1.807) is 5.38 Å². The third-order valence-corrected chi connectivity index (χ3v) is 3.49. The van der Waals surface area contributed by atoms with Crippen LogP contribution in [0.2, 0.25) is 0 Å². The number of carbonyl (C=O) groups excluding carboxylic acids is 1. The molecule has 0 fully saturated rings. The number of nitrogens with one attached hydrogen (secondary N) is 2. The van der Waals surface area contributed by atoms with Gasteiger partial charge in [0.2, 0.25) is 0 Å². The molecule has 18 heavy (non-hydrogen) atoms. The Morgan fingerprint density at radius 1 is 1.44 bits per heavy atom. The Kier molecular flexibility index (Phi) is 3.04. The Balaban J connectivity index is 1.87. The lowest BCUT2D eigenvalue weighted by atomic mass is 9.99. The van der Waals surface area contributed by atoms with Gasteiger partial charge in [0.15, 0.2) is 5.69 Å². The summed E-state index contributed by atoms with van der Waals surface area (Å²) in [6.45, 7) is 1.80. The van der Waals surface area contributed by atoms with Crippen LogP contribution in [0.3, 0.4) is 0 Å². The molecule has 1 aromatic heterocycles. The first-order valence-electron chi connectivity index (χ1n) is 5.74. The maximum absolute atomic E-state index is 11.9. The number of hydrogen-bond acceptors (Lipinski definition) is 5. The van der Waals surface area contributed by atoms with Crippen molar-refractivity contribution < 1.29 is 4.79 Å². The van der Waals surface area contributed by atoms with Crippen LogP contribution in [0.25, 0.3) is 0 Å². The van der Waals surface area contributed by atoms with E-state index in [1.165, 1.54) is 22.7 Å². The summed E-state index contributed by atoms with van der Waals surface area (Å²) in [6, 6.07) is 5.98. The van der Waals surface area contributed by atoms with Gasteiger partial charge in [0.05, 0.1) is 0 Å². The van der Waals surface area contributed by atoms with Crippen molar-refractivity contribution in [3.05, 3.63) is 40.4 Å². The average Bonchev–Trinajstić information content (AvgIpc) is 2.93. The van der Waals surface area contributed by atoms with E-state index >= 15 is 0 Å². The van der Waals surface area contributed by atoms with Crippen molar-refractivity contribution in [2.75, 3.05) is 11.9 Å². The minimum absolute atomic E-state index is 0.198. The van der Waals surface area contributed by atoms with Gasteiger partial charge >= 0.3 is 0 Å². The number of benzene rings is 1. The van der Waals surface area contributed by atoms with Crippen molar-refractivity contribution in [1.29, 1.82) is 0 Å². The minimum atomic E-state index is -0.198. The molecule has 0 unspecified atom stereocenters. The average molecular weight is 260 g/mol. The summed E-state index contributed by atoms with van der Waals surface area (Å²) in [6.07, 6.45) is 0.932. The van der Waals surface area contributed by atoms with E-state index in [2.05, 4.69) is 26.3 Å². The van der Waals surface area contributed by atoms with Gasteiger partial charge < -0.3 is 10.6 Å². The van der Waals surface area contributed by atoms with Crippen molar-refractivity contribution in [2.45, 2.75) is 13.0 Å². The van der Waals surface area contributed by atoms with Crippen molar-refractivity contribution >= 4 is 23.1 Å². The molecule has 1 aromatic carbocycles. The zero-order valence-electron chi connectivity index (χ0n) is 9.64. The van der Waals surface area contributed by atoms with Gasteiger partial charge in [0.25, 0.3) is 5.91 Å². The van der Waals surface area contributed by atoms with Crippen LogP contribution in [0, 0.1) is 0 Å².